The van der Waals surface area contributed by atoms with Crippen molar-refractivity contribution < 1.29 is 18.0 Å². The molecule has 1 heterocycles. The molecule has 0 saturated heterocycles. The van der Waals surface area contributed by atoms with Gasteiger partial charge in [-0.1, -0.05) is 20.8 Å². The van der Waals surface area contributed by atoms with Crippen molar-refractivity contribution in [2.75, 3.05) is 13.6 Å². The van der Waals surface area contributed by atoms with E-state index in [2.05, 4.69) is 9.97 Å². The van der Waals surface area contributed by atoms with Crippen molar-refractivity contribution in [3.05, 3.63) is 22.8 Å². The van der Waals surface area contributed by atoms with E-state index in [4.69, 9.17) is 0 Å². The third kappa shape index (κ3) is 4.24. The van der Waals surface area contributed by atoms with Crippen molar-refractivity contribution in [1.82, 2.24) is 14.9 Å². The van der Waals surface area contributed by atoms with Crippen molar-refractivity contribution in [3.63, 3.8) is 0 Å². The molecule has 1 aliphatic carbocycles. The van der Waals surface area contributed by atoms with E-state index in [1.54, 1.807) is 11.9 Å². The maximum absolute atomic E-state index is 13.3. The monoisotopic (exact) mass is 343 g/mol. The lowest BCUT2D eigenvalue weighted by atomic mass is 9.84. The Labute approximate surface area is 140 Å². The molecule has 0 aromatic carbocycles. The molecule has 2 rings (SSSR count). The zero-order valence-corrected chi connectivity index (χ0v) is 14.8. The van der Waals surface area contributed by atoms with E-state index in [1.807, 2.05) is 20.8 Å². The van der Waals surface area contributed by atoms with Crippen LogP contribution in [-0.2, 0) is 23.8 Å². The summed E-state index contributed by atoms with van der Waals surface area (Å²) in [6.07, 6.45) is -3.58. The minimum atomic E-state index is -4.53. The van der Waals surface area contributed by atoms with Crippen LogP contribution in [-0.4, -0.2) is 34.4 Å². The van der Waals surface area contributed by atoms with Crippen LogP contribution >= 0.6 is 0 Å². The zero-order chi connectivity index (χ0) is 18.3. The van der Waals surface area contributed by atoms with Gasteiger partial charge in [-0.25, -0.2) is 9.97 Å². The minimum absolute atomic E-state index is 0.0533. The van der Waals surface area contributed by atoms with Crippen LogP contribution < -0.4 is 0 Å². The third-order valence-electron chi connectivity index (χ3n) is 4.09. The second-order valence-electron chi connectivity index (χ2n) is 7.74. The van der Waals surface area contributed by atoms with Gasteiger partial charge >= 0.3 is 6.18 Å². The van der Waals surface area contributed by atoms with Crippen molar-refractivity contribution in [1.29, 1.82) is 0 Å². The number of hydrogen-bond donors (Lipinski definition) is 0. The summed E-state index contributed by atoms with van der Waals surface area (Å²) in [5.41, 5.74) is -0.436. The number of alkyl halides is 3. The maximum atomic E-state index is 13.3. The summed E-state index contributed by atoms with van der Waals surface area (Å²) in [5.74, 6) is -0.433. The molecule has 1 aromatic heterocycles. The van der Waals surface area contributed by atoms with Gasteiger partial charge in [0.1, 0.15) is 5.82 Å². The third-order valence-corrected chi connectivity index (χ3v) is 4.09. The molecule has 1 aliphatic rings. The molecule has 134 valence electrons. The highest BCUT2D eigenvalue weighted by Gasteiger charge is 2.40. The first-order chi connectivity index (χ1) is 10.9. The van der Waals surface area contributed by atoms with Gasteiger partial charge in [0.05, 0.1) is 0 Å². The Morgan fingerprint density at radius 2 is 1.88 bits per heavy atom. The fourth-order valence-corrected chi connectivity index (χ4v) is 3.28. The average molecular weight is 343 g/mol. The SMILES string of the molecule is Cc1nc2c(c(C(F)(F)F)n1)CC(C(=O)N(C)CC(C)(C)C)CC2. The largest absolute Gasteiger partial charge is 0.433 e. The maximum Gasteiger partial charge on any atom is 0.433 e. The molecule has 0 spiro atoms. The fraction of sp³-hybridized carbons (Fsp3) is 0.706. The van der Waals surface area contributed by atoms with Crippen LogP contribution in [0.15, 0.2) is 0 Å². The lowest BCUT2D eigenvalue weighted by Gasteiger charge is -2.32. The molecule has 7 heteroatoms. The molecule has 0 aliphatic heterocycles. The van der Waals surface area contributed by atoms with Crippen molar-refractivity contribution in [2.45, 2.75) is 53.1 Å². The van der Waals surface area contributed by atoms with E-state index in [0.29, 0.717) is 25.1 Å². The van der Waals surface area contributed by atoms with Gasteiger partial charge in [-0.15, -0.1) is 0 Å². The van der Waals surface area contributed by atoms with Crippen LogP contribution in [0.5, 0.6) is 0 Å². The van der Waals surface area contributed by atoms with Gasteiger partial charge in [-0.3, -0.25) is 4.79 Å². The standard InChI is InChI=1S/C17H24F3N3O/c1-10-21-13-7-6-11(15(24)23(5)9-16(2,3)4)8-12(13)14(22-10)17(18,19)20/h11H,6-9H2,1-5H3. The summed E-state index contributed by atoms with van der Waals surface area (Å²) in [6.45, 7) is 8.08. The molecular formula is C17H24F3N3O. The van der Waals surface area contributed by atoms with E-state index in [0.717, 1.165) is 0 Å². The highest BCUT2D eigenvalue weighted by atomic mass is 19.4. The second-order valence-corrected chi connectivity index (χ2v) is 7.74. The van der Waals surface area contributed by atoms with Crippen LogP contribution in [0, 0.1) is 18.3 Å². The molecule has 1 unspecified atom stereocenters. The average Bonchev–Trinajstić information content (AvgIpc) is 2.42. The number of halogens is 3. The van der Waals surface area contributed by atoms with Crippen LogP contribution in [0.4, 0.5) is 13.2 Å². The van der Waals surface area contributed by atoms with Gasteiger partial charge in [0.25, 0.3) is 0 Å². The molecular weight excluding hydrogens is 319 g/mol. The highest BCUT2D eigenvalue weighted by Crippen LogP contribution is 2.36. The molecule has 0 radical (unpaired) electrons. The summed E-state index contributed by atoms with van der Waals surface area (Å²) < 4.78 is 39.8. The first-order valence-corrected chi connectivity index (χ1v) is 8.07. The molecule has 1 aromatic rings. The number of carbonyl (C=O) groups excluding carboxylic acids is 1. The summed E-state index contributed by atoms with van der Waals surface area (Å²) in [5, 5.41) is 0. The Morgan fingerprint density at radius 3 is 2.42 bits per heavy atom. The number of rotatable bonds is 2. The molecule has 24 heavy (non-hydrogen) atoms. The molecule has 0 saturated carbocycles. The van der Waals surface area contributed by atoms with Gasteiger partial charge in [0.15, 0.2) is 5.69 Å². The topological polar surface area (TPSA) is 46.1 Å². The van der Waals surface area contributed by atoms with Crippen LogP contribution in [0.25, 0.3) is 0 Å². The van der Waals surface area contributed by atoms with E-state index in [-0.39, 0.29) is 29.1 Å². The number of aromatic nitrogens is 2. The smallest absolute Gasteiger partial charge is 0.345 e. The predicted molar refractivity (Wildman–Crippen MR) is 84.4 cm³/mol. The van der Waals surface area contributed by atoms with Gasteiger partial charge in [0.2, 0.25) is 5.91 Å². The summed E-state index contributed by atoms with van der Waals surface area (Å²) in [4.78, 5) is 22.0. The highest BCUT2D eigenvalue weighted by molar-refractivity contribution is 5.79. The Balaban J connectivity index is 2.27. The molecule has 4 nitrogen and oxygen atoms in total. The summed E-state index contributed by atoms with van der Waals surface area (Å²) >= 11 is 0. The molecule has 0 bridgehead atoms. The molecule has 1 atom stereocenters. The van der Waals surface area contributed by atoms with Gasteiger partial charge in [-0.2, -0.15) is 13.2 Å². The van der Waals surface area contributed by atoms with E-state index >= 15 is 0 Å². The lowest BCUT2D eigenvalue weighted by Crippen LogP contribution is -2.40. The quantitative estimate of drug-likeness (QED) is 0.827. The van der Waals surface area contributed by atoms with Crippen molar-refractivity contribution in [3.8, 4) is 0 Å². The second kappa shape index (κ2) is 6.33. The van der Waals surface area contributed by atoms with Crippen molar-refractivity contribution in [2.24, 2.45) is 11.3 Å². The summed E-state index contributed by atoms with van der Waals surface area (Å²) in [6, 6.07) is 0. The molecule has 0 N–H and O–H groups in total. The first-order valence-electron chi connectivity index (χ1n) is 8.07. The van der Waals surface area contributed by atoms with Crippen LogP contribution in [0.2, 0.25) is 0 Å². The Kier molecular flexibility index (Phi) is 4.93. The lowest BCUT2D eigenvalue weighted by molar-refractivity contribution is -0.143. The van der Waals surface area contributed by atoms with E-state index in [9.17, 15) is 18.0 Å². The van der Waals surface area contributed by atoms with Gasteiger partial charge < -0.3 is 4.90 Å². The first kappa shape index (κ1) is 18.7. The number of carbonyl (C=O) groups is 1. The number of amides is 1. The fourth-order valence-electron chi connectivity index (χ4n) is 3.28. The number of fused-ring (bicyclic) bond motifs is 1. The van der Waals surface area contributed by atoms with Crippen molar-refractivity contribution >= 4 is 5.91 Å². The zero-order valence-electron chi connectivity index (χ0n) is 14.8. The number of aryl methyl sites for hydroxylation is 2. The Bertz CT molecular complexity index is 635. The number of hydrogen-bond acceptors (Lipinski definition) is 3. The number of nitrogens with zero attached hydrogens (tertiary/aromatic N) is 3. The molecule has 0 fully saturated rings. The van der Waals surface area contributed by atoms with Gasteiger partial charge in [-0.05, 0) is 31.6 Å². The predicted octanol–water partition coefficient (Wildman–Crippen LogP) is 3.41. The summed E-state index contributed by atoms with van der Waals surface area (Å²) in [7, 11) is 1.71. The molecule has 1 amide bonds. The normalized spacial score (nSPS) is 18.2. The van der Waals surface area contributed by atoms with Gasteiger partial charge in [0, 0.05) is 30.8 Å². The Morgan fingerprint density at radius 1 is 1.25 bits per heavy atom. The van der Waals surface area contributed by atoms with Crippen LogP contribution in [0.3, 0.4) is 0 Å². The van der Waals surface area contributed by atoms with Crippen LogP contribution in [0.1, 0.15) is 50.0 Å². The van der Waals surface area contributed by atoms with E-state index < -0.39 is 17.8 Å². The minimum Gasteiger partial charge on any atom is -0.345 e. The van der Waals surface area contributed by atoms with E-state index in [1.165, 1.54) is 6.92 Å². The Hall–Kier alpha value is -1.66.